The fraction of sp³-hybridized carbons (Fsp3) is 0.714. The van der Waals surface area contributed by atoms with Crippen LogP contribution in [0, 0.1) is 0 Å². The predicted molar refractivity (Wildman–Crippen MR) is 97.7 cm³/mol. The molecule has 1 saturated heterocycles. The Morgan fingerprint density at radius 1 is 0.957 bits per heavy atom. The highest BCUT2D eigenvalue weighted by molar-refractivity contribution is 5.50. The van der Waals surface area contributed by atoms with Gasteiger partial charge in [-0.25, -0.2) is 0 Å². The summed E-state index contributed by atoms with van der Waals surface area (Å²) in [5.74, 6) is 1.06. The number of epoxide rings is 1. The van der Waals surface area contributed by atoms with Gasteiger partial charge in [0, 0.05) is 11.1 Å². The number of benzene rings is 1. The maximum Gasteiger partial charge on any atom is 0.126 e. The van der Waals surface area contributed by atoms with Crippen molar-refractivity contribution >= 4 is 0 Å². The second kappa shape index (κ2) is 6.47. The van der Waals surface area contributed by atoms with Crippen LogP contribution in [0.3, 0.4) is 0 Å². The van der Waals surface area contributed by atoms with Gasteiger partial charge in [-0.3, -0.25) is 0 Å². The minimum Gasteiger partial charge on any atom is -0.496 e. The Morgan fingerprint density at radius 3 is 1.83 bits per heavy atom. The fourth-order valence-electron chi connectivity index (χ4n) is 3.27. The van der Waals surface area contributed by atoms with E-state index in [0.29, 0.717) is 12.2 Å². The summed E-state index contributed by atoms with van der Waals surface area (Å²) in [5.41, 5.74) is 4.18. The zero-order valence-electron chi connectivity index (χ0n) is 16.2. The first-order chi connectivity index (χ1) is 10.6. The maximum absolute atomic E-state index is 5.83. The van der Waals surface area contributed by atoms with E-state index in [-0.39, 0.29) is 10.8 Å². The Kier molecular flexibility index (Phi) is 5.15. The molecule has 2 rings (SSSR count). The van der Waals surface area contributed by atoms with E-state index in [1.165, 1.54) is 16.7 Å². The summed E-state index contributed by atoms with van der Waals surface area (Å²) in [6.45, 7) is 15.8. The van der Waals surface area contributed by atoms with E-state index in [1.807, 2.05) is 0 Å². The van der Waals surface area contributed by atoms with Crippen molar-refractivity contribution in [1.82, 2.24) is 0 Å². The summed E-state index contributed by atoms with van der Waals surface area (Å²) in [6, 6.07) is 4.69. The Bertz CT molecular complexity index is 511. The highest BCUT2D eigenvalue weighted by Gasteiger charge is 2.36. The van der Waals surface area contributed by atoms with Gasteiger partial charge < -0.3 is 9.47 Å². The van der Waals surface area contributed by atoms with Crippen molar-refractivity contribution in [2.75, 3.05) is 7.11 Å². The minimum absolute atomic E-state index is 0.0728. The Balaban J connectivity index is 2.35. The monoisotopic (exact) mass is 318 g/mol. The predicted octanol–water partition coefficient (Wildman–Crippen LogP) is 5.40. The van der Waals surface area contributed by atoms with Crippen molar-refractivity contribution in [3.63, 3.8) is 0 Å². The standard InChI is InChI=1S/C21H34O2/c1-9-17-18(23-17)11-10-14-12-15(20(2,3)4)19(22-8)16(13-14)21(5,6)7/h12-13,17-18H,9-11H2,1-8H3. The van der Waals surface area contributed by atoms with Gasteiger partial charge >= 0.3 is 0 Å². The summed E-state index contributed by atoms with van der Waals surface area (Å²) in [7, 11) is 1.80. The van der Waals surface area contributed by atoms with Crippen molar-refractivity contribution in [2.24, 2.45) is 0 Å². The van der Waals surface area contributed by atoms with Crippen molar-refractivity contribution < 1.29 is 9.47 Å². The van der Waals surface area contributed by atoms with Crippen LogP contribution in [0.25, 0.3) is 0 Å². The zero-order valence-corrected chi connectivity index (χ0v) is 16.2. The molecular formula is C21H34O2. The van der Waals surface area contributed by atoms with Crippen molar-refractivity contribution in [3.8, 4) is 5.75 Å². The Morgan fingerprint density at radius 2 is 1.48 bits per heavy atom. The number of aryl methyl sites for hydroxylation is 1. The number of hydrogen-bond donors (Lipinski definition) is 0. The molecule has 0 amide bonds. The van der Waals surface area contributed by atoms with Crippen molar-refractivity contribution in [2.45, 2.75) is 90.8 Å². The van der Waals surface area contributed by atoms with Crippen LogP contribution in [0.2, 0.25) is 0 Å². The highest BCUT2D eigenvalue weighted by Crippen LogP contribution is 2.41. The number of hydrogen-bond acceptors (Lipinski definition) is 2. The Hall–Kier alpha value is -1.02. The van der Waals surface area contributed by atoms with Crippen LogP contribution in [0.4, 0.5) is 0 Å². The lowest BCUT2D eigenvalue weighted by molar-refractivity contribution is 0.359. The zero-order chi connectivity index (χ0) is 17.4. The van der Waals surface area contributed by atoms with Crippen molar-refractivity contribution in [3.05, 3.63) is 28.8 Å². The summed E-state index contributed by atoms with van der Waals surface area (Å²) < 4.78 is 11.5. The van der Waals surface area contributed by atoms with Crippen LogP contribution < -0.4 is 4.74 Å². The molecule has 130 valence electrons. The molecule has 2 nitrogen and oxygen atoms in total. The molecule has 0 saturated carbocycles. The molecule has 23 heavy (non-hydrogen) atoms. The molecule has 0 spiro atoms. The number of ether oxygens (including phenoxy) is 2. The molecule has 1 heterocycles. The Labute approximate surface area is 142 Å². The van der Waals surface area contributed by atoms with Crippen LogP contribution in [-0.4, -0.2) is 19.3 Å². The van der Waals surface area contributed by atoms with E-state index in [2.05, 4.69) is 60.6 Å². The third-order valence-electron chi connectivity index (χ3n) is 4.78. The van der Waals surface area contributed by atoms with Gasteiger partial charge in [0.2, 0.25) is 0 Å². The molecule has 1 aromatic carbocycles. The fourth-order valence-corrected chi connectivity index (χ4v) is 3.27. The average molecular weight is 319 g/mol. The SMILES string of the molecule is CCC1OC1CCc1cc(C(C)(C)C)c(OC)c(C(C)(C)C)c1. The molecule has 1 aliphatic heterocycles. The van der Waals surface area contributed by atoms with E-state index in [0.717, 1.165) is 25.0 Å². The first-order valence-electron chi connectivity index (χ1n) is 8.95. The second-order valence-electron chi connectivity index (χ2n) is 8.88. The lowest BCUT2D eigenvalue weighted by Gasteiger charge is -2.30. The minimum atomic E-state index is 0.0728. The molecular weight excluding hydrogens is 284 g/mol. The molecule has 1 aliphatic rings. The van der Waals surface area contributed by atoms with Crippen LogP contribution >= 0.6 is 0 Å². The summed E-state index contributed by atoms with van der Waals surface area (Å²) in [6.07, 6.45) is 4.30. The van der Waals surface area contributed by atoms with Gasteiger partial charge in [0.15, 0.2) is 0 Å². The van der Waals surface area contributed by atoms with Crippen LogP contribution in [0.5, 0.6) is 5.75 Å². The summed E-state index contributed by atoms with van der Waals surface area (Å²) in [4.78, 5) is 0. The number of methoxy groups -OCH3 is 1. The molecule has 0 aromatic heterocycles. The molecule has 1 aromatic rings. The van der Waals surface area contributed by atoms with E-state index >= 15 is 0 Å². The van der Waals surface area contributed by atoms with Crippen molar-refractivity contribution in [1.29, 1.82) is 0 Å². The molecule has 0 bridgehead atoms. The molecule has 1 fully saturated rings. The number of rotatable bonds is 5. The topological polar surface area (TPSA) is 21.8 Å². The lowest BCUT2D eigenvalue weighted by atomic mass is 9.78. The molecule has 2 atom stereocenters. The highest BCUT2D eigenvalue weighted by atomic mass is 16.6. The quantitative estimate of drug-likeness (QED) is 0.678. The molecule has 2 heteroatoms. The van der Waals surface area contributed by atoms with Gasteiger partial charge in [0.1, 0.15) is 5.75 Å². The molecule has 0 radical (unpaired) electrons. The normalized spacial score (nSPS) is 21.4. The first-order valence-corrected chi connectivity index (χ1v) is 8.95. The largest absolute Gasteiger partial charge is 0.496 e. The van der Waals surface area contributed by atoms with Crippen LogP contribution in [0.15, 0.2) is 12.1 Å². The van der Waals surface area contributed by atoms with E-state index in [4.69, 9.17) is 9.47 Å². The average Bonchev–Trinajstić information content (AvgIpc) is 3.20. The van der Waals surface area contributed by atoms with Crippen LogP contribution in [0.1, 0.15) is 78.0 Å². The molecule has 0 aliphatic carbocycles. The van der Waals surface area contributed by atoms with E-state index in [1.54, 1.807) is 7.11 Å². The van der Waals surface area contributed by atoms with Gasteiger partial charge in [0.25, 0.3) is 0 Å². The van der Waals surface area contributed by atoms with Gasteiger partial charge in [-0.2, -0.15) is 0 Å². The second-order valence-corrected chi connectivity index (χ2v) is 8.88. The lowest BCUT2D eigenvalue weighted by Crippen LogP contribution is -2.20. The molecule has 0 N–H and O–H groups in total. The van der Waals surface area contributed by atoms with Gasteiger partial charge in [-0.1, -0.05) is 60.6 Å². The van der Waals surface area contributed by atoms with Gasteiger partial charge in [-0.15, -0.1) is 0 Å². The first kappa shape index (κ1) is 18.3. The van der Waals surface area contributed by atoms with Crippen LogP contribution in [-0.2, 0) is 22.0 Å². The maximum atomic E-state index is 5.83. The molecule has 2 unspecified atom stereocenters. The van der Waals surface area contributed by atoms with E-state index in [9.17, 15) is 0 Å². The summed E-state index contributed by atoms with van der Waals surface area (Å²) >= 11 is 0. The van der Waals surface area contributed by atoms with Gasteiger partial charge in [0.05, 0.1) is 19.3 Å². The van der Waals surface area contributed by atoms with Gasteiger partial charge in [-0.05, 0) is 35.7 Å². The smallest absolute Gasteiger partial charge is 0.126 e. The third-order valence-corrected chi connectivity index (χ3v) is 4.78. The summed E-state index contributed by atoms with van der Waals surface area (Å²) in [5, 5.41) is 0. The van der Waals surface area contributed by atoms with E-state index < -0.39 is 0 Å². The third kappa shape index (κ3) is 4.29.